The summed E-state index contributed by atoms with van der Waals surface area (Å²) in [6.07, 6.45) is -0.118. The van der Waals surface area contributed by atoms with E-state index in [0.717, 1.165) is 22.5 Å². The fraction of sp³-hybridized carbons (Fsp3) is 0.125. The normalized spacial score (nSPS) is 10.9. The molecule has 0 saturated heterocycles. The van der Waals surface area contributed by atoms with Crippen molar-refractivity contribution in [2.45, 2.75) is 11.3 Å². The highest BCUT2D eigenvalue weighted by Gasteiger charge is 2.28. The second-order valence-electron chi connectivity index (χ2n) is 4.91. The van der Waals surface area contributed by atoms with Crippen LogP contribution in [0.3, 0.4) is 0 Å². The van der Waals surface area contributed by atoms with Crippen LogP contribution in [0.4, 0.5) is 10.1 Å². The number of benzene rings is 2. The Morgan fingerprint density at radius 2 is 1.88 bits per heavy atom. The molecule has 25 heavy (non-hydrogen) atoms. The zero-order valence-electron chi connectivity index (χ0n) is 12.7. The summed E-state index contributed by atoms with van der Waals surface area (Å²) in [6.45, 7) is -0.196. The molecule has 0 bridgehead atoms. The predicted octanol–water partition coefficient (Wildman–Crippen LogP) is 3.29. The Morgan fingerprint density at radius 3 is 2.44 bits per heavy atom. The van der Waals surface area contributed by atoms with Crippen LogP contribution in [0.25, 0.3) is 0 Å². The van der Waals surface area contributed by atoms with Crippen molar-refractivity contribution < 1.29 is 22.7 Å². The van der Waals surface area contributed by atoms with E-state index in [1.54, 1.807) is 0 Å². The summed E-state index contributed by atoms with van der Waals surface area (Å²) in [5.74, 6) is -1.86. The third kappa shape index (κ3) is 4.07. The van der Waals surface area contributed by atoms with Gasteiger partial charge in [-0.15, -0.1) is 0 Å². The molecule has 0 atom stereocenters. The van der Waals surface area contributed by atoms with E-state index in [-0.39, 0.29) is 29.2 Å². The minimum Gasteiger partial charge on any atom is -0.478 e. The highest BCUT2D eigenvalue weighted by Crippen LogP contribution is 2.29. The van der Waals surface area contributed by atoms with Crippen molar-refractivity contribution in [3.05, 3.63) is 58.9 Å². The molecule has 130 valence electrons. The summed E-state index contributed by atoms with van der Waals surface area (Å²) in [4.78, 5) is 10.7. The average molecular weight is 383 g/mol. The molecule has 0 aliphatic rings. The molecule has 0 radical (unpaired) electrons. The van der Waals surface area contributed by atoms with E-state index in [4.69, 9.17) is 22.0 Å². The van der Waals surface area contributed by atoms with Gasteiger partial charge in [-0.3, -0.25) is 4.31 Å². The summed E-state index contributed by atoms with van der Waals surface area (Å²) in [5, 5.41) is 17.7. The molecule has 0 amide bonds. The maximum atomic E-state index is 13.1. The zero-order valence-corrected chi connectivity index (χ0v) is 14.3. The van der Waals surface area contributed by atoms with Crippen LogP contribution in [-0.2, 0) is 10.0 Å². The summed E-state index contributed by atoms with van der Waals surface area (Å²) in [5.41, 5.74) is -0.115. The van der Waals surface area contributed by atoms with E-state index in [1.165, 1.54) is 24.3 Å². The first-order valence-corrected chi connectivity index (χ1v) is 8.77. The van der Waals surface area contributed by atoms with Crippen LogP contribution >= 0.6 is 11.6 Å². The molecule has 9 heteroatoms. The minimum atomic E-state index is -4.26. The van der Waals surface area contributed by atoms with Crippen LogP contribution in [0.2, 0.25) is 5.02 Å². The highest BCUT2D eigenvalue weighted by molar-refractivity contribution is 7.93. The highest BCUT2D eigenvalue weighted by atomic mass is 35.5. The van der Waals surface area contributed by atoms with Gasteiger partial charge in [-0.2, -0.15) is 5.26 Å². The lowest BCUT2D eigenvalue weighted by molar-refractivity contribution is 0.0696. The number of sulfonamides is 1. The molecular formula is C16H12ClFN2O4S. The van der Waals surface area contributed by atoms with Gasteiger partial charge < -0.3 is 5.11 Å². The molecule has 2 aromatic carbocycles. The van der Waals surface area contributed by atoms with Gasteiger partial charge in [0, 0.05) is 6.54 Å². The lowest BCUT2D eigenvalue weighted by Gasteiger charge is -2.24. The number of hydrogen-bond donors (Lipinski definition) is 1. The molecule has 1 N–H and O–H groups in total. The van der Waals surface area contributed by atoms with Crippen molar-refractivity contribution in [1.29, 1.82) is 5.26 Å². The predicted molar refractivity (Wildman–Crippen MR) is 89.6 cm³/mol. The summed E-state index contributed by atoms with van der Waals surface area (Å²) >= 11 is 5.95. The van der Waals surface area contributed by atoms with Gasteiger partial charge in [-0.1, -0.05) is 11.6 Å². The second kappa shape index (κ2) is 7.51. The van der Waals surface area contributed by atoms with Gasteiger partial charge in [-0.25, -0.2) is 17.6 Å². The number of carbonyl (C=O) groups is 1. The van der Waals surface area contributed by atoms with E-state index in [9.17, 15) is 17.6 Å². The Morgan fingerprint density at radius 1 is 1.24 bits per heavy atom. The van der Waals surface area contributed by atoms with Crippen LogP contribution in [0.15, 0.2) is 47.4 Å². The molecule has 2 rings (SSSR count). The number of carboxylic acid groups (broad SMARTS) is 1. The Bertz CT molecular complexity index is 940. The number of nitriles is 1. The first-order valence-electron chi connectivity index (χ1n) is 6.95. The molecule has 6 nitrogen and oxygen atoms in total. The number of aromatic carboxylic acids is 1. The molecule has 0 spiro atoms. The van der Waals surface area contributed by atoms with Gasteiger partial charge >= 0.3 is 5.97 Å². The first-order chi connectivity index (χ1) is 11.8. The number of carboxylic acids is 1. The molecule has 0 heterocycles. The van der Waals surface area contributed by atoms with E-state index in [1.807, 2.05) is 6.07 Å². The fourth-order valence-corrected chi connectivity index (χ4v) is 4.07. The Labute approximate surface area is 148 Å². The standard InChI is InChI=1S/C16H12ClFN2O4S/c17-14-7-2-11(16(21)22)10-15(14)25(23,24)20(9-1-8-19)13-5-3-12(18)4-6-13/h2-7,10H,1,9H2,(H,21,22). The van der Waals surface area contributed by atoms with Crippen LogP contribution in [-0.4, -0.2) is 26.0 Å². The van der Waals surface area contributed by atoms with Crippen molar-refractivity contribution in [2.24, 2.45) is 0 Å². The second-order valence-corrected chi connectivity index (χ2v) is 7.15. The number of rotatable bonds is 6. The van der Waals surface area contributed by atoms with Gasteiger partial charge in [0.05, 0.1) is 28.8 Å². The molecule has 0 aromatic heterocycles. The van der Waals surface area contributed by atoms with E-state index in [0.29, 0.717) is 0 Å². The van der Waals surface area contributed by atoms with Gasteiger partial charge in [0.15, 0.2) is 0 Å². The van der Waals surface area contributed by atoms with Crippen LogP contribution in [0.5, 0.6) is 0 Å². The van der Waals surface area contributed by atoms with E-state index >= 15 is 0 Å². The summed E-state index contributed by atoms with van der Waals surface area (Å²) in [6, 6.07) is 9.80. The Balaban J connectivity index is 2.59. The first kappa shape index (κ1) is 18.7. The van der Waals surface area contributed by atoms with Crippen molar-refractivity contribution in [3.63, 3.8) is 0 Å². The van der Waals surface area contributed by atoms with Crippen molar-refractivity contribution in [2.75, 3.05) is 10.8 Å². The van der Waals surface area contributed by atoms with Crippen molar-refractivity contribution >= 4 is 33.3 Å². The number of anilines is 1. The molecular weight excluding hydrogens is 371 g/mol. The van der Waals surface area contributed by atoms with Crippen molar-refractivity contribution in [3.8, 4) is 6.07 Å². The maximum Gasteiger partial charge on any atom is 0.335 e. The van der Waals surface area contributed by atoms with Crippen molar-refractivity contribution in [1.82, 2.24) is 0 Å². The largest absolute Gasteiger partial charge is 0.478 e. The minimum absolute atomic E-state index is 0.118. The Hall–Kier alpha value is -2.63. The molecule has 0 fully saturated rings. The molecule has 0 aliphatic heterocycles. The van der Waals surface area contributed by atoms with E-state index in [2.05, 4.69) is 0 Å². The lowest BCUT2D eigenvalue weighted by atomic mass is 10.2. The van der Waals surface area contributed by atoms with Crippen LogP contribution in [0.1, 0.15) is 16.8 Å². The third-order valence-electron chi connectivity index (χ3n) is 3.29. The lowest BCUT2D eigenvalue weighted by Crippen LogP contribution is -2.32. The smallest absolute Gasteiger partial charge is 0.335 e. The third-order valence-corrected chi connectivity index (χ3v) is 5.60. The molecule has 0 aliphatic carbocycles. The zero-order chi connectivity index (χ0) is 18.6. The molecule has 0 saturated carbocycles. The Kier molecular flexibility index (Phi) is 5.62. The quantitative estimate of drug-likeness (QED) is 0.826. The van der Waals surface area contributed by atoms with E-state index < -0.39 is 26.7 Å². The number of hydrogen-bond acceptors (Lipinski definition) is 4. The topological polar surface area (TPSA) is 98.5 Å². The van der Waals surface area contributed by atoms with Crippen LogP contribution < -0.4 is 4.31 Å². The van der Waals surface area contributed by atoms with Crippen LogP contribution in [0, 0.1) is 17.1 Å². The summed E-state index contributed by atoms with van der Waals surface area (Å²) in [7, 11) is -4.26. The fourth-order valence-electron chi connectivity index (χ4n) is 2.10. The van der Waals surface area contributed by atoms with Gasteiger partial charge in [0.25, 0.3) is 10.0 Å². The van der Waals surface area contributed by atoms with Gasteiger partial charge in [0.2, 0.25) is 0 Å². The summed E-state index contributed by atoms with van der Waals surface area (Å²) < 4.78 is 39.9. The number of nitrogens with zero attached hydrogens (tertiary/aromatic N) is 2. The SMILES string of the molecule is N#CCCN(c1ccc(F)cc1)S(=O)(=O)c1cc(C(=O)O)ccc1Cl. The van der Waals surface area contributed by atoms with Gasteiger partial charge in [0.1, 0.15) is 10.7 Å². The number of halogens is 2. The maximum absolute atomic E-state index is 13.1. The average Bonchev–Trinajstić information content (AvgIpc) is 2.56. The van der Waals surface area contributed by atoms with Gasteiger partial charge in [-0.05, 0) is 42.5 Å². The molecule has 0 unspecified atom stereocenters. The molecule has 2 aromatic rings. The monoisotopic (exact) mass is 382 g/mol.